The van der Waals surface area contributed by atoms with Crippen LogP contribution >= 0.6 is 11.6 Å². The molecule has 2 aliphatic rings. The van der Waals surface area contributed by atoms with Crippen molar-refractivity contribution in [3.8, 4) is 11.5 Å². The first-order chi connectivity index (χ1) is 31.8. The Hall–Kier alpha value is -6.21. The van der Waals surface area contributed by atoms with Gasteiger partial charge in [-0.3, -0.25) is 19.8 Å². The number of aromatic nitrogens is 2. The number of ether oxygens (including phenoxy) is 3. The average Bonchev–Trinajstić information content (AvgIpc) is 3.75. The van der Waals surface area contributed by atoms with Gasteiger partial charge in [0.05, 0.1) is 40.8 Å². The normalized spacial score (nSPS) is 16.4. The molecule has 2 aromatic heterocycles. The van der Waals surface area contributed by atoms with Gasteiger partial charge in [-0.15, -0.1) is 0 Å². The van der Waals surface area contributed by atoms with E-state index in [4.69, 9.17) is 25.8 Å². The van der Waals surface area contributed by atoms with Crippen LogP contribution in [0.25, 0.3) is 16.6 Å². The van der Waals surface area contributed by atoms with Crippen LogP contribution in [0.2, 0.25) is 5.02 Å². The lowest BCUT2D eigenvalue weighted by molar-refractivity contribution is -0.384. The second-order valence-electron chi connectivity index (χ2n) is 18.2. The lowest BCUT2D eigenvalue weighted by Gasteiger charge is -2.37. The molecule has 0 radical (unpaired) electrons. The Morgan fingerprint density at radius 3 is 2.46 bits per heavy atom. The first kappa shape index (κ1) is 48.7. The summed E-state index contributed by atoms with van der Waals surface area (Å²) in [5.41, 5.74) is 3.93. The van der Waals surface area contributed by atoms with E-state index in [1.54, 1.807) is 45.2 Å². The number of rotatable bonds is 15. The molecule has 1 unspecified atom stereocenters. The summed E-state index contributed by atoms with van der Waals surface area (Å²) in [5.74, 6) is -0.117. The molecule has 1 atom stereocenters. The molecule has 2 aliphatic heterocycles. The molecule has 3 N–H and O–H groups in total. The highest BCUT2D eigenvalue weighted by molar-refractivity contribution is 7.90. The molecule has 0 saturated carbocycles. The number of hydrogen-bond donors (Lipinski definition) is 3. The number of fused-ring (bicyclic) bond motifs is 1. The minimum absolute atomic E-state index is 0.0220. The summed E-state index contributed by atoms with van der Waals surface area (Å²) in [7, 11) is -4.65. The molecule has 2 saturated heterocycles. The number of nitro groups is 1. The first-order valence-electron chi connectivity index (χ1n) is 22.2. The number of carbonyl (C=O) groups excluding carboxylic acids is 2. The van der Waals surface area contributed by atoms with Gasteiger partial charge in [-0.2, -0.15) is 0 Å². The van der Waals surface area contributed by atoms with Gasteiger partial charge < -0.3 is 34.3 Å². The van der Waals surface area contributed by atoms with Crippen molar-refractivity contribution in [1.29, 1.82) is 0 Å². The highest BCUT2D eigenvalue weighted by Gasteiger charge is 2.30. The van der Waals surface area contributed by atoms with Crippen molar-refractivity contribution < 1.29 is 37.1 Å². The van der Waals surface area contributed by atoms with Gasteiger partial charge in [0.2, 0.25) is 0 Å². The Morgan fingerprint density at radius 2 is 1.76 bits per heavy atom. The van der Waals surface area contributed by atoms with Crippen molar-refractivity contribution in [2.45, 2.75) is 64.6 Å². The quantitative estimate of drug-likeness (QED) is 0.0665. The summed E-state index contributed by atoms with van der Waals surface area (Å²) < 4.78 is 47.2. The molecular formula is C48H57ClN8O9S. The highest BCUT2D eigenvalue weighted by atomic mass is 35.5. The number of carbonyl (C=O) groups is 2. The van der Waals surface area contributed by atoms with Gasteiger partial charge in [-0.05, 0) is 99.7 Å². The van der Waals surface area contributed by atoms with Crippen molar-refractivity contribution in [2.24, 2.45) is 5.92 Å². The second kappa shape index (κ2) is 20.8. The van der Waals surface area contributed by atoms with Crippen molar-refractivity contribution in [3.05, 3.63) is 117 Å². The van der Waals surface area contributed by atoms with Crippen LogP contribution in [-0.4, -0.2) is 116 Å². The van der Waals surface area contributed by atoms with Crippen molar-refractivity contribution >= 4 is 67.3 Å². The smallest absolute Gasteiger partial charge is 0.410 e. The van der Waals surface area contributed by atoms with E-state index in [0.29, 0.717) is 42.0 Å². The molecule has 19 heteroatoms. The molecule has 2 fully saturated rings. The number of piperazine rings is 1. The summed E-state index contributed by atoms with van der Waals surface area (Å²) >= 11 is 6.21. The zero-order chi connectivity index (χ0) is 48.0. The Bertz CT molecular complexity index is 2750. The Kier molecular flexibility index (Phi) is 15.1. The lowest BCUT2D eigenvalue weighted by atomic mass is 9.92. The van der Waals surface area contributed by atoms with Crippen molar-refractivity contribution in [3.63, 3.8) is 0 Å². The SMILES string of the molecule is CC(CN1CCN(c2ccc(C(=O)NS(=O)(=O)c3ccc(NCC4CN(C(=O)OC(C)(C)C)CCO4)c([N+](=O)[O-])c3)c(Oc3cnc4[nH]ccc4c3)c2)CC1)=C(CC(C)C)c1ccc(Cl)cc1. The van der Waals surface area contributed by atoms with Gasteiger partial charge in [-0.1, -0.05) is 43.2 Å². The van der Waals surface area contributed by atoms with Gasteiger partial charge in [0.15, 0.2) is 0 Å². The zero-order valence-corrected chi connectivity index (χ0v) is 40.1. The largest absolute Gasteiger partial charge is 0.455 e. The zero-order valence-electron chi connectivity index (χ0n) is 38.5. The summed E-state index contributed by atoms with van der Waals surface area (Å²) in [4.78, 5) is 51.2. The molecule has 67 heavy (non-hydrogen) atoms. The molecule has 4 heterocycles. The number of nitrogens with zero attached hydrogens (tertiary/aromatic N) is 5. The summed E-state index contributed by atoms with van der Waals surface area (Å²) in [6.45, 7) is 16.5. The molecule has 0 aliphatic carbocycles. The van der Waals surface area contributed by atoms with Crippen LogP contribution < -0.4 is 19.7 Å². The van der Waals surface area contributed by atoms with Crippen LogP contribution in [0.5, 0.6) is 11.5 Å². The predicted molar refractivity (Wildman–Crippen MR) is 259 cm³/mol. The summed E-state index contributed by atoms with van der Waals surface area (Å²) in [6, 6.07) is 19.8. The number of aromatic amines is 1. The molecule has 3 aromatic carbocycles. The molecule has 2 amide bonds. The van der Waals surface area contributed by atoms with E-state index < -0.39 is 49.2 Å². The Balaban J connectivity index is 1.06. The van der Waals surface area contributed by atoms with E-state index >= 15 is 0 Å². The highest BCUT2D eigenvalue weighted by Crippen LogP contribution is 2.34. The fourth-order valence-corrected chi connectivity index (χ4v) is 9.16. The third-order valence-corrected chi connectivity index (χ3v) is 12.9. The number of allylic oxidation sites excluding steroid dienone is 1. The predicted octanol–water partition coefficient (Wildman–Crippen LogP) is 8.73. The molecule has 5 aromatic rings. The average molecular weight is 958 g/mol. The Labute approximate surface area is 395 Å². The monoisotopic (exact) mass is 956 g/mol. The lowest BCUT2D eigenvalue weighted by Crippen LogP contribution is -2.49. The van der Waals surface area contributed by atoms with Gasteiger partial charge in [-0.25, -0.2) is 22.9 Å². The van der Waals surface area contributed by atoms with Crippen molar-refractivity contribution in [2.75, 3.05) is 69.2 Å². The van der Waals surface area contributed by atoms with Gasteiger partial charge in [0, 0.05) is 80.2 Å². The van der Waals surface area contributed by atoms with E-state index in [1.807, 2.05) is 18.2 Å². The number of halogens is 1. The van der Waals surface area contributed by atoms with Gasteiger partial charge in [0.25, 0.3) is 21.6 Å². The first-order valence-corrected chi connectivity index (χ1v) is 24.0. The standard InChI is InChI=1S/C48H57ClN8O9S/c1-31(2)23-41(33-7-9-35(49)10-8-33)32(3)29-54-17-19-55(20-18-54)36-11-13-40(44(25-36)65-37-24-34-15-16-50-45(34)52-27-37)46(58)53-67(62,63)39-12-14-42(43(26-39)57(60)61)51-28-38-30-56(21-22-64-38)47(59)66-48(4,5)6/h7-16,24-27,31,38,51H,17-23,28-30H2,1-6H3,(H,50,52)(H,53,58). The minimum Gasteiger partial charge on any atom is -0.455 e. The summed E-state index contributed by atoms with van der Waals surface area (Å²) in [5, 5.41) is 16.7. The number of anilines is 2. The number of nitro benzene ring substituents is 1. The number of H-pyrrole nitrogens is 1. The van der Waals surface area contributed by atoms with Crippen LogP contribution in [0, 0.1) is 16.0 Å². The van der Waals surface area contributed by atoms with Crippen LogP contribution in [0.15, 0.2) is 95.7 Å². The van der Waals surface area contributed by atoms with E-state index in [1.165, 1.54) is 39.9 Å². The van der Waals surface area contributed by atoms with E-state index in [0.717, 1.165) is 49.3 Å². The molecule has 7 rings (SSSR count). The van der Waals surface area contributed by atoms with Crippen LogP contribution in [0.4, 0.5) is 21.9 Å². The topological polar surface area (TPSA) is 202 Å². The fraction of sp³-hybridized carbons (Fsp3) is 0.396. The maximum Gasteiger partial charge on any atom is 0.410 e. The number of nitrogens with one attached hydrogen (secondary N) is 3. The second-order valence-corrected chi connectivity index (χ2v) is 20.3. The molecular weight excluding hydrogens is 900 g/mol. The number of sulfonamides is 1. The fourth-order valence-electron chi connectivity index (χ4n) is 8.05. The number of benzene rings is 3. The number of amides is 2. The Morgan fingerprint density at radius 1 is 1.01 bits per heavy atom. The number of pyridine rings is 1. The molecule has 0 spiro atoms. The van der Waals surface area contributed by atoms with E-state index in [9.17, 15) is 28.1 Å². The third-order valence-electron chi connectivity index (χ3n) is 11.3. The summed E-state index contributed by atoms with van der Waals surface area (Å²) in [6.07, 6.45) is 3.17. The minimum atomic E-state index is -4.65. The van der Waals surface area contributed by atoms with E-state index in [2.05, 4.69) is 62.7 Å². The third kappa shape index (κ3) is 12.6. The van der Waals surface area contributed by atoms with Crippen LogP contribution in [-0.2, 0) is 19.5 Å². The number of hydrogen-bond acceptors (Lipinski definition) is 13. The molecule has 356 valence electrons. The maximum absolute atomic E-state index is 14.0. The number of morpholine rings is 1. The van der Waals surface area contributed by atoms with Gasteiger partial charge >= 0.3 is 6.09 Å². The van der Waals surface area contributed by atoms with Crippen molar-refractivity contribution in [1.82, 2.24) is 24.5 Å². The van der Waals surface area contributed by atoms with Crippen LogP contribution in [0.3, 0.4) is 0 Å². The van der Waals surface area contributed by atoms with Crippen LogP contribution in [0.1, 0.15) is 63.9 Å². The maximum atomic E-state index is 14.0. The molecule has 0 bridgehead atoms. The van der Waals surface area contributed by atoms with Gasteiger partial charge in [0.1, 0.15) is 28.4 Å². The van der Waals surface area contributed by atoms with E-state index in [-0.39, 0.29) is 36.7 Å². The molecule has 17 nitrogen and oxygen atoms in total.